The summed E-state index contributed by atoms with van der Waals surface area (Å²) in [6.07, 6.45) is 0. The third kappa shape index (κ3) is 4.02. The van der Waals surface area contributed by atoms with E-state index in [1.165, 1.54) is 24.4 Å². The number of para-hydroxylation sites is 1. The van der Waals surface area contributed by atoms with Crippen LogP contribution in [0.15, 0.2) is 39.6 Å². The number of piperazine rings is 1. The minimum atomic E-state index is -3.90. The van der Waals surface area contributed by atoms with E-state index < -0.39 is 22.0 Å². The first-order chi connectivity index (χ1) is 12.9. The van der Waals surface area contributed by atoms with Gasteiger partial charge < -0.3 is 19.2 Å². The van der Waals surface area contributed by atoms with E-state index >= 15 is 0 Å². The number of nitrogens with zero attached hydrogens (tertiary/aromatic N) is 1. The Kier molecular flexibility index (Phi) is 7.11. The molecule has 1 N–H and O–H groups in total. The highest BCUT2D eigenvalue weighted by atomic mass is 35.5. The topological polar surface area (TPSA) is 98.1 Å². The molecule has 1 saturated heterocycles. The number of carbonyl (C=O) groups is 1. The zero-order chi connectivity index (χ0) is 19.6. The number of methoxy groups -OCH3 is 2. The number of hydrogen-bond acceptors (Lipinski definition) is 7. The minimum absolute atomic E-state index is 0. The van der Waals surface area contributed by atoms with Crippen molar-refractivity contribution in [3.05, 3.63) is 47.4 Å². The van der Waals surface area contributed by atoms with Crippen LogP contribution >= 0.6 is 12.4 Å². The molecule has 1 fully saturated rings. The van der Waals surface area contributed by atoms with Gasteiger partial charge >= 0.3 is 5.97 Å². The highest BCUT2D eigenvalue weighted by Gasteiger charge is 2.38. The molecule has 10 heteroatoms. The predicted octanol–water partition coefficient (Wildman–Crippen LogP) is 2.14. The fraction of sp³-hybridized carbons (Fsp3) is 0.389. The highest BCUT2D eigenvalue weighted by molar-refractivity contribution is 7.89. The summed E-state index contributed by atoms with van der Waals surface area (Å²) < 4.78 is 43.5. The van der Waals surface area contributed by atoms with Gasteiger partial charge in [-0.15, -0.1) is 12.4 Å². The Balaban J connectivity index is 0.00000280. The number of nitrogens with one attached hydrogen (secondary N) is 1. The van der Waals surface area contributed by atoms with Gasteiger partial charge in [0.05, 0.1) is 20.3 Å². The summed E-state index contributed by atoms with van der Waals surface area (Å²) in [4.78, 5) is 11.7. The van der Waals surface area contributed by atoms with Gasteiger partial charge in [-0.3, -0.25) is 0 Å². The summed E-state index contributed by atoms with van der Waals surface area (Å²) >= 11 is 0. The van der Waals surface area contributed by atoms with Crippen molar-refractivity contribution in [3.8, 4) is 5.75 Å². The van der Waals surface area contributed by atoms with Crippen LogP contribution in [-0.4, -0.2) is 52.5 Å². The summed E-state index contributed by atoms with van der Waals surface area (Å²) in [5.41, 5.74) is 0.769. The van der Waals surface area contributed by atoms with E-state index in [4.69, 9.17) is 9.15 Å². The zero-order valence-corrected chi connectivity index (χ0v) is 17.4. The maximum Gasteiger partial charge on any atom is 0.373 e. The fourth-order valence-corrected chi connectivity index (χ4v) is 5.00. The summed E-state index contributed by atoms with van der Waals surface area (Å²) in [5, 5.41) is 3.23. The van der Waals surface area contributed by atoms with Crippen LogP contribution in [0.4, 0.5) is 0 Å². The van der Waals surface area contributed by atoms with E-state index in [-0.39, 0.29) is 35.4 Å². The molecule has 0 amide bonds. The molecular weight excluding hydrogens is 408 g/mol. The molecule has 1 atom stereocenters. The molecule has 8 nitrogen and oxygen atoms in total. The molecule has 0 spiro atoms. The van der Waals surface area contributed by atoms with Gasteiger partial charge in [0.2, 0.25) is 15.8 Å². The smallest absolute Gasteiger partial charge is 0.373 e. The zero-order valence-electron chi connectivity index (χ0n) is 15.8. The molecule has 2 heterocycles. The van der Waals surface area contributed by atoms with Gasteiger partial charge in [0.25, 0.3) is 0 Å². The monoisotopic (exact) mass is 430 g/mol. The average Bonchev–Trinajstić information content (AvgIpc) is 3.10. The normalized spacial score (nSPS) is 17.6. The van der Waals surface area contributed by atoms with E-state index in [1.54, 1.807) is 13.2 Å². The van der Waals surface area contributed by atoms with Crippen LogP contribution in [0.5, 0.6) is 5.75 Å². The van der Waals surface area contributed by atoms with E-state index in [1.807, 2.05) is 18.2 Å². The van der Waals surface area contributed by atoms with Crippen LogP contribution in [0, 0.1) is 6.92 Å². The Morgan fingerprint density at radius 2 is 2.00 bits per heavy atom. The standard InChI is InChI=1S/C18H22N2O6S.ClH/c1-12-17(10-16(26-12)18(21)25-3)27(22,23)20-9-8-19-11-14(20)13-6-4-5-7-15(13)24-2;/h4-7,10,14,19H,8-9,11H2,1-3H3;1H. The van der Waals surface area contributed by atoms with Crippen molar-refractivity contribution in [3.63, 3.8) is 0 Å². The second kappa shape index (κ2) is 8.95. The Labute approximate surface area is 170 Å². The molecule has 1 aliphatic rings. The lowest BCUT2D eigenvalue weighted by atomic mass is 10.0. The number of furan rings is 1. The van der Waals surface area contributed by atoms with Crippen molar-refractivity contribution in [1.29, 1.82) is 0 Å². The number of halogens is 1. The lowest BCUT2D eigenvalue weighted by Gasteiger charge is -2.35. The molecule has 154 valence electrons. The molecule has 1 unspecified atom stereocenters. The third-order valence-corrected chi connectivity index (χ3v) is 6.55. The molecule has 1 aromatic heterocycles. The second-order valence-corrected chi connectivity index (χ2v) is 7.96. The Morgan fingerprint density at radius 3 is 2.68 bits per heavy atom. The second-order valence-electron chi connectivity index (χ2n) is 6.10. The summed E-state index contributed by atoms with van der Waals surface area (Å²) in [5.74, 6) is -0.100. The van der Waals surface area contributed by atoms with E-state index in [2.05, 4.69) is 10.1 Å². The molecule has 1 aliphatic heterocycles. The van der Waals surface area contributed by atoms with Crippen LogP contribution in [0.1, 0.15) is 27.9 Å². The molecule has 0 aliphatic carbocycles. The molecule has 0 saturated carbocycles. The molecule has 2 aromatic rings. The largest absolute Gasteiger partial charge is 0.496 e. The maximum atomic E-state index is 13.4. The number of esters is 1. The quantitative estimate of drug-likeness (QED) is 0.725. The number of hydrogen-bond donors (Lipinski definition) is 1. The SMILES string of the molecule is COC(=O)c1cc(S(=O)(=O)N2CCNCC2c2ccccc2OC)c(C)o1.Cl. The molecular formula is C18H23ClN2O6S. The van der Waals surface area contributed by atoms with Gasteiger partial charge in [-0.1, -0.05) is 18.2 Å². The Morgan fingerprint density at radius 1 is 1.29 bits per heavy atom. The van der Waals surface area contributed by atoms with Gasteiger partial charge in [-0.25, -0.2) is 13.2 Å². The first-order valence-electron chi connectivity index (χ1n) is 8.44. The highest BCUT2D eigenvalue weighted by Crippen LogP contribution is 2.35. The van der Waals surface area contributed by atoms with E-state index in [9.17, 15) is 13.2 Å². The number of sulfonamides is 1. The summed E-state index contributed by atoms with van der Waals surface area (Å²) in [6, 6.07) is 8.10. The van der Waals surface area contributed by atoms with Crippen LogP contribution in [0.2, 0.25) is 0 Å². The van der Waals surface area contributed by atoms with Crippen molar-refractivity contribution in [2.45, 2.75) is 17.9 Å². The summed E-state index contributed by atoms with van der Waals surface area (Å²) in [7, 11) is -1.14. The van der Waals surface area contributed by atoms with Crippen LogP contribution in [-0.2, 0) is 14.8 Å². The first-order valence-corrected chi connectivity index (χ1v) is 9.88. The van der Waals surface area contributed by atoms with Crippen molar-refractivity contribution in [1.82, 2.24) is 9.62 Å². The third-order valence-electron chi connectivity index (χ3n) is 4.54. The van der Waals surface area contributed by atoms with Crippen molar-refractivity contribution in [2.24, 2.45) is 0 Å². The average molecular weight is 431 g/mol. The lowest BCUT2D eigenvalue weighted by molar-refractivity contribution is 0.0563. The van der Waals surface area contributed by atoms with Gasteiger partial charge in [0.1, 0.15) is 16.4 Å². The minimum Gasteiger partial charge on any atom is -0.496 e. The lowest BCUT2D eigenvalue weighted by Crippen LogP contribution is -2.48. The van der Waals surface area contributed by atoms with Crippen molar-refractivity contribution < 1.29 is 27.1 Å². The van der Waals surface area contributed by atoms with Crippen LogP contribution in [0.3, 0.4) is 0 Å². The van der Waals surface area contributed by atoms with Gasteiger partial charge in [0, 0.05) is 31.3 Å². The molecule has 3 rings (SSSR count). The fourth-order valence-electron chi connectivity index (χ4n) is 3.23. The molecule has 28 heavy (non-hydrogen) atoms. The number of benzene rings is 1. The Bertz CT molecular complexity index is 943. The predicted molar refractivity (Wildman–Crippen MR) is 105 cm³/mol. The molecule has 0 radical (unpaired) electrons. The number of carbonyl (C=O) groups excluding carboxylic acids is 1. The number of ether oxygens (including phenoxy) is 2. The first kappa shape index (κ1) is 22.2. The van der Waals surface area contributed by atoms with Gasteiger partial charge in [-0.05, 0) is 13.0 Å². The van der Waals surface area contributed by atoms with E-state index in [0.717, 1.165) is 5.56 Å². The number of aryl methyl sites for hydroxylation is 1. The van der Waals surface area contributed by atoms with Crippen LogP contribution < -0.4 is 10.1 Å². The van der Waals surface area contributed by atoms with Crippen LogP contribution in [0.25, 0.3) is 0 Å². The summed E-state index contributed by atoms with van der Waals surface area (Å²) in [6.45, 7) is 2.76. The Hall–Kier alpha value is -2.07. The number of rotatable bonds is 5. The van der Waals surface area contributed by atoms with Crippen molar-refractivity contribution in [2.75, 3.05) is 33.9 Å². The van der Waals surface area contributed by atoms with E-state index in [0.29, 0.717) is 18.8 Å². The molecule has 0 bridgehead atoms. The van der Waals surface area contributed by atoms with Crippen molar-refractivity contribution >= 4 is 28.4 Å². The van der Waals surface area contributed by atoms with Gasteiger partial charge in [-0.2, -0.15) is 4.31 Å². The maximum absolute atomic E-state index is 13.4. The van der Waals surface area contributed by atoms with Gasteiger partial charge in [0.15, 0.2) is 0 Å². The molecule has 1 aromatic carbocycles.